The van der Waals surface area contributed by atoms with Crippen molar-refractivity contribution in [1.29, 1.82) is 0 Å². The minimum absolute atomic E-state index is 0.0403. The van der Waals surface area contributed by atoms with Crippen LogP contribution in [0.4, 0.5) is 0 Å². The van der Waals surface area contributed by atoms with Gasteiger partial charge in [-0.3, -0.25) is 4.79 Å². The minimum Gasteiger partial charge on any atom is -0.352 e. The molecule has 2 N–H and O–H groups in total. The van der Waals surface area contributed by atoms with Gasteiger partial charge in [0.05, 0.1) is 6.04 Å². The van der Waals surface area contributed by atoms with Crippen LogP contribution in [0.25, 0.3) is 0 Å². The first kappa shape index (κ1) is 11.3. The third-order valence-electron chi connectivity index (χ3n) is 3.00. The van der Waals surface area contributed by atoms with E-state index in [9.17, 15) is 4.79 Å². The highest BCUT2D eigenvalue weighted by Gasteiger charge is 2.28. The highest BCUT2D eigenvalue weighted by molar-refractivity contribution is 8.00. The maximum Gasteiger partial charge on any atom is 0.237 e. The summed E-state index contributed by atoms with van der Waals surface area (Å²) >= 11 is 1.99. The van der Waals surface area contributed by atoms with E-state index >= 15 is 0 Å². The number of carbonyl (C=O) groups is 1. The molecule has 1 aliphatic heterocycles. The second-order valence-electron chi connectivity index (χ2n) is 4.75. The summed E-state index contributed by atoms with van der Waals surface area (Å²) in [5.41, 5.74) is 0. The van der Waals surface area contributed by atoms with Gasteiger partial charge < -0.3 is 10.6 Å². The average Bonchev–Trinajstić information content (AvgIpc) is 2.90. The lowest BCUT2D eigenvalue weighted by molar-refractivity contribution is -0.123. The van der Waals surface area contributed by atoms with Gasteiger partial charge in [-0.1, -0.05) is 6.92 Å². The van der Waals surface area contributed by atoms with Crippen LogP contribution in [0.5, 0.6) is 0 Å². The van der Waals surface area contributed by atoms with Crippen molar-refractivity contribution in [2.45, 2.75) is 56.5 Å². The van der Waals surface area contributed by atoms with E-state index in [4.69, 9.17) is 0 Å². The number of nitrogens with one attached hydrogen (secondary N) is 2. The summed E-state index contributed by atoms with van der Waals surface area (Å²) in [5.74, 6) is 1.31. The molecule has 3 nitrogen and oxygen atoms in total. The van der Waals surface area contributed by atoms with Crippen molar-refractivity contribution in [2.75, 3.05) is 5.75 Å². The first-order valence-electron chi connectivity index (χ1n) is 5.83. The molecule has 3 atom stereocenters. The summed E-state index contributed by atoms with van der Waals surface area (Å²) in [7, 11) is 0. The van der Waals surface area contributed by atoms with Crippen molar-refractivity contribution in [3.63, 3.8) is 0 Å². The van der Waals surface area contributed by atoms with E-state index in [0.717, 1.165) is 23.8 Å². The van der Waals surface area contributed by atoms with Crippen LogP contribution in [0.15, 0.2) is 0 Å². The fourth-order valence-corrected chi connectivity index (χ4v) is 3.08. The van der Waals surface area contributed by atoms with E-state index in [1.807, 2.05) is 18.7 Å². The summed E-state index contributed by atoms with van der Waals surface area (Å²) in [5, 5.41) is 7.18. The third kappa shape index (κ3) is 3.38. The normalized spacial score (nSPS) is 32.7. The van der Waals surface area contributed by atoms with Crippen molar-refractivity contribution >= 4 is 17.7 Å². The molecule has 86 valence electrons. The maximum atomic E-state index is 11.7. The molecule has 0 aromatic heterocycles. The molecule has 4 heteroatoms. The summed E-state index contributed by atoms with van der Waals surface area (Å²) in [4.78, 5) is 11.7. The topological polar surface area (TPSA) is 41.1 Å². The highest BCUT2D eigenvalue weighted by Crippen LogP contribution is 2.26. The third-order valence-corrected chi connectivity index (χ3v) is 4.36. The fourth-order valence-electron chi connectivity index (χ4n) is 1.92. The molecule has 1 heterocycles. The molecule has 1 amide bonds. The second kappa shape index (κ2) is 4.74. The van der Waals surface area contributed by atoms with Gasteiger partial charge in [0.15, 0.2) is 0 Å². The Hall–Kier alpha value is -0.220. The predicted molar refractivity (Wildman–Crippen MR) is 64.1 cm³/mol. The van der Waals surface area contributed by atoms with Gasteiger partial charge in [0, 0.05) is 23.1 Å². The number of thioether (sulfide) groups is 1. The molecule has 1 saturated heterocycles. The molecule has 0 aromatic rings. The van der Waals surface area contributed by atoms with Gasteiger partial charge in [0.2, 0.25) is 5.91 Å². The van der Waals surface area contributed by atoms with E-state index in [-0.39, 0.29) is 11.9 Å². The zero-order valence-corrected chi connectivity index (χ0v) is 10.3. The van der Waals surface area contributed by atoms with Crippen molar-refractivity contribution in [2.24, 2.45) is 0 Å². The number of hydrogen-bond acceptors (Lipinski definition) is 3. The summed E-state index contributed by atoms with van der Waals surface area (Å²) in [6.45, 7) is 4.21. The van der Waals surface area contributed by atoms with E-state index in [2.05, 4.69) is 17.6 Å². The zero-order valence-electron chi connectivity index (χ0n) is 9.45. The predicted octanol–water partition coefficient (Wildman–Crippen LogP) is 1.14. The largest absolute Gasteiger partial charge is 0.352 e. The molecule has 1 saturated carbocycles. The van der Waals surface area contributed by atoms with Crippen LogP contribution in [0, 0.1) is 0 Å². The van der Waals surface area contributed by atoms with Gasteiger partial charge >= 0.3 is 0 Å². The number of amides is 1. The van der Waals surface area contributed by atoms with E-state index in [0.29, 0.717) is 12.1 Å². The SMILES string of the molecule is CC1CC(NC(C)C(=O)NC2CC2)CS1. The van der Waals surface area contributed by atoms with Gasteiger partial charge in [0.25, 0.3) is 0 Å². The molecule has 0 radical (unpaired) electrons. The van der Waals surface area contributed by atoms with Crippen molar-refractivity contribution in [3.8, 4) is 0 Å². The molecular formula is C11H20N2OS. The zero-order chi connectivity index (χ0) is 10.8. The summed E-state index contributed by atoms with van der Waals surface area (Å²) in [6, 6.07) is 0.949. The Kier molecular flexibility index (Phi) is 3.57. The van der Waals surface area contributed by atoms with Gasteiger partial charge in [-0.15, -0.1) is 0 Å². The Labute approximate surface area is 95.8 Å². The summed E-state index contributed by atoms with van der Waals surface area (Å²) in [6.07, 6.45) is 3.51. The average molecular weight is 228 g/mol. The molecular weight excluding hydrogens is 208 g/mol. The van der Waals surface area contributed by atoms with Crippen LogP contribution in [0.3, 0.4) is 0 Å². The first-order chi connectivity index (χ1) is 7.15. The van der Waals surface area contributed by atoms with Crippen LogP contribution >= 0.6 is 11.8 Å². The smallest absolute Gasteiger partial charge is 0.237 e. The van der Waals surface area contributed by atoms with Crippen molar-refractivity contribution < 1.29 is 4.79 Å². The number of carbonyl (C=O) groups excluding carboxylic acids is 1. The molecule has 0 aromatic carbocycles. The monoisotopic (exact) mass is 228 g/mol. The van der Waals surface area contributed by atoms with Crippen LogP contribution in [0.1, 0.15) is 33.1 Å². The van der Waals surface area contributed by atoms with E-state index in [1.165, 1.54) is 6.42 Å². The maximum absolute atomic E-state index is 11.7. The van der Waals surface area contributed by atoms with Gasteiger partial charge in [-0.2, -0.15) is 11.8 Å². The lowest BCUT2D eigenvalue weighted by Gasteiger charge is -2.18. The first-order valence-corrected chi connectivity index (χ1v) is 6.88. The molecule has 15 heavy (non-hydrogen) atoms. The van der Waals surface area contributed by atoms with E-state index < -0.39 is 0 Å². The van der Waals surface area contributed by atoms with Crippen LogP contribution < -0.4 is 10.6 Å². The molecule has 2 aliphatic rings. The lowest BCUT2D eigenvalue weighted by Crippen LogP contribution is -2.47. The van der Waals surface area contributed by atoms with Gasteiger partial charge in [-0.05, 0) is 26.2 Å². The molecule has 0 bridgehead atoms. The van der Waals surface area contributed by atoms with Gasteiger partial charge in [0.1, 0.15) is 0 Å². The Bertz CT molecular complexity index is 243. The lowest BCUT2D eigenvalue weighted by atomic mass is 10.1. The van der Waals surface area contributed by atoms with E-state index in [1.54, 1.807) is 0 Å². The molecule has 0 spiro atoms. The Morgan fingerprint density at radius 3 is 2.67 bits per heavy atom. The Morgan fingerprint density at radius 2 is 2.13 bits per heavy atom. The summed E-state index contributed by atoms with van der Waals surface area (Å²) < 4.78 is 0. The molecule has 3 unspecified atom stereocenters. The van der Waals surface area contributed by atoms with Crippen LogP contribution in [-0.4, -0.2) is 35.0 Å². The highest BCUT2D eigenvalue weighted by atomic mass is 32.2. The standard InChI is InChI=1S/C11H20N2OS/c1-7-5-10(6-15-7)12-8(2)11(14)13-9-3-4-9/h7-10,12H,3-6H2,1-2H3,(H,13,14). The molecule has 2 rings (SSSR count). The van der Waals surface area contributed by atoms with Crippen molar-refractivity contribution in [1.82, 2.24) is 10.6 Å². The van der Waals surface area contributed by atoms with Crippen LogP contribution in [0.2, 0.25) is 0 Å². The fraction of sp³-hybridized carbons (Fsp3) is 0.909. The minimum atomic E-state index is -0.0403. The Morgan fingerprint density at radius 1 is 1.40 bits per heavy atom. The van der Waals surface area contributed by atoms with Gasteiger partial charge in [-0.25, -0.2) is 0 Å². The number of rotatable bonds is 4. The number of hydrogen-bond donors (Lipinski definition) is 2. The molecule has 2 fully saturated rings. The quantitative estimate of drug-likeness (QED) is 0.758. The molecule has 1 aliphatic carbocycles. The van der Waals surface area contributed by atoms with Crippen LogP contribution in [-0.2, 0) is 4.79 Å². The second-order valence-corrected chi connectivity index (χ2v) is 6.22. The van der Waals surface area contributed by atoms with Crippen molar-refractivity contribution in [3.05, 3.63) is 0 Å². The Balaban J connectivity index is 1.70.